The van der Waals surface area contributed by atoms with E-state index in [9.17, 15) is 22.0 Å². The SMILES string of the molecule is COc1ccc(S(=O)(=O)N2CCCC(C(=O)OC(C)c3ccc(F)cc3F)C2)cc1. The largest absolute Gasteiger partial charge is 0.497 e. The maximum Gasteiger partial charge on any atom is 0.310 e. The van der Waals surface area contributed by atoms with Crippen molar-refractivity contribution in [3.63, 3.8) is 0 Å². The van der Waals surface area contributed by atoms with Gasteiger partial charge < -0.3 is 9.47 Å². The summed E-state index contributed by atoms with van der Waals surface area (Å²) in [6.45, 7) is 1.76. The molecule has 1 fully saturated rings. The average Bonchev–Trinajstić information content (AvgIpc) is 2.73. The van der Waals surface area contributed by atoms with Crippen LogP contribution >= 0.6 is 0 Å². The highest BCUT2D eigenvalue weighted by atomic mass is 32.2. The second kappa shape index (κ2) is 9.09. The van der Waals surface area contributed by atoms with Crippen molar-refractivity contribution >= 4 is 16.0 Å². The van der Waals surface area contributed by atoms with Crippen LogP contribution in [-0.4, -0.2) is 38.9 Å². The number of carbonyl (C=O) groups excluding carboxylic acids is 1. The summed E-state index contributed by atoms with van der Waals surface area (Å²) in [5.74, 6) is -2.27. The molecular weight excluding hydrogens is 416 g/mol. The van der Waals surface area contributed by atoms with Gasteiger partial charge in [-0.15, -0.1) is 0 Å². The minimum absolute atomic E-state index is 0.0220. The van der Waals surface area contributed by atoms with E-state index in [1.54, 1.807) is 12.1 Å². The number of piperidine rings is 1. The van der Waals surface area contributed by atoms with E-state index in [1.807, 2.05) is 0 Å². The standard InChI is InChI=1S/C21H23F2NO5S/c1-14(19-10-5-16(22)12-20(19)23)29-21(25)15-4-3-11-24(13-15)30(26,27)18-8-6-17(28-2)7-9-18/h5-10,12,14-15H,3-4,11,13H2,1-2H3. The van der Waals surface area contributed by atoms with Gasteiger partial charge in [0.05, 0.1) is 17.9 Å². The molecule has 1 aliphatic heterocycles. The lowest BCUT2D eigenvalue weighted by Crippen LogP contribution is -2.42. The highest BCUT2D eigenvalue weighted by Gasteiger charge is 2.35. The number of rotatable bonds is 6. The summed E-state index contributed by atoms with van der Waals surface area (Å²) in [6, 6.07) is 9.06. The van der Waals surface area contributed by atoms with Gasteiger partial charge in [-0.1, -0.05) is 0 Å². The minimum atomic E-state index is -3.78. The van der Waals surface area contributed by atoms with Crippen LogP contribution in [0.5, 0.6) is 5.75 Å². The average molecular weight is 439 g/mol. The van der Waals surface area contributed by atoms with Gasteiger partial charge in [-0.05, 0) is 56.2 Å². The number of hydrogen-bond acceptors (Lipinski definition) is 5. The van der Waals surface area contributed by atoms with E-state index < -0.39 is 39.6 Å². The van der Waals surface area contributed by atoms with Crippen molar-refractivity contribution in [3.8, 4) is 5.75 Å². The number of esters is 1. The first-order valence-corrected chi connectivity index (χ1v) is 11.0. The van der Waals surface area contributed by atoms with Crippen molar-refractivity contribution in [1.29, 1.82) is 0 Å². The fourth-order valence-electron chi connectivity index (χ4n) is 3.42. The summed E-state index contributed by atoms with van der Waals surface area (Å²) in [4.78, 5) is 12.7. The molecule has 162 valence electrons. The van der Waals surface area contributed by atoms with Gasteiger partial charge in [-0.3, -0.25) is 4.79 Å². The number of carbonyl (C=O) groups is 1. The lowest BCUT2D eigenvalue weighted by atomic mass is 10.00. The van der Waals surface area contributed by atoms with E-state index in [1.165, 1.54) is 36.5 Å². The predicted molar refractivity (Wildman–Crippen MR) is 105 cm³/mol. The van der Waals surface area contributed by atoms with Crippen LogP contribution in [-0.2, 0) is 19.6 Å². The molecule has 0 aliphatic carbocycles. The summed E-state index contributed by atoms with van der Waals surface area (Å²) in [5, 5.41) is 0. The van der Waals surface area contributed by atoms with Gasteiger partial charge in [-0.25, -0.2) is 17.2 Å². The first-order chi connectivity index (χ1) is 14.2. The van der Waals surface area contributed by atoms with E-state index in [0.29, 0.717) is 25.1 Å². The van der Waals surface area contributed by atoms with Crippen LogP contribution in [0.2, 0.25) is 0 Å². The van der Waals surface area contributed by atoms with E-state index in [-0.39, 0.29) is 17.0 Å². The Labute approximate surface area is 174 Å². The van der Waals surface area contributed by atoms with E-state index in [2.05, 4.69) is 0 Å². The van der Waals surface area contributed by atoms with E-state index >= 15 is 0 Å². The molecular formula is C21H23F2NO5S. The van der Waals surface area contributed by atoms with Crippen molar-refractivity contribution in [2.45, 2.75) is 30.8 Å². The monoisotopic (exact) mass is 439 g/mol. The fourth-order valence-corrected chi connectivity index (χ4v) is 4.94. The minimum Gasteiger partial charge on any atom is -0.497 e. The third-order valence-electron chi connectivity index (χ3n) is 5.11. The Balaban J connectivity index is 1.69. The van der Waals surface area contributed by atoms with Crippen molar-refractivity contribution in [2.75, 3.05) is 20.2 Å². The van der Waals surface area contributed by atoms with Crippen LogP contribution in [0.25, 0.3) is 0 Å². The molecule has 0 amide bonds. The molecule has 6 nitrogen and oxygen atoms in total. The molecule has 3 rings (SSSR count). The Bertz CT molecular complexity index is 1010. The summed E-state index contributed by atoms with van der Waals surface area (Å²) in [6.07, 6.45) is 0.0345. The van der Waals surface area contributed by atoms with Crippen molar-refractivity contribution < 1.29 is 31.5 Å². The maximum atomic E-state index is 13.9. The van der Waals surface area contributed by atoms with Crippen LogP contribution in [0.15, 0.2) is 47.4 Å². The van der Waals surface area contributed by atoms with E-state index in [4.69, 9.17) is 9.47 Å². The molecule has 30 heavy (non-hydrogen) atoms. The quantitative estimate of drug-likeness (QED) is 0.642. The lowest BCUT2D eigenvalue weighted by Gasteiger charge is -2.31. The zero-order chi connectivity index (χ0) is 21.9. The van der Waals surface area contributed by atoms with E-state index in [0.717, 1.165) is 12.1 Å². The molecule has 0 N–H and O–H groups in total. The highest BCUT2D eigenvalue weighted by Crippen LogP contribution is 2.28. The first kappa shape index (κ1) is 22.2. The first-order valence-electron chi connectivity index (χ1n) is 9.52. The third-order valence-corrected chi connectivity index (χ3v) is 6.99. The molecule has 2 aromatic rings. The van der Waals surface area contributed by atoms with Crippen LogP contribution in [0, 0.1) is 17.6 Å². The number of ether oxygens (including phenoxy) is 2. The number of halogens is 2. The molecule has 0 aromatic heterocycles. The van der Waals surface area contributed by atoms with Crippen LogP contribution < -0.4 is 4.74 Å². The molecule has 0 spiro atoms. The number of benzene rings is 2. The Morgan fingerprint density at radius 2 is 1.87 bits per heavy atom. The molecule has 9 heteroatoms. The normalized spacial score (nSPS) is 18.6. The topological polar surface area (TPSA) is 72.9 Å². The Morgan fingerprint density at radius 1 is 1.17 bits per heavy atom. The number of hydrogen-bond donors (Lipinski definition) is 0. The second-order valence-electron chi connectivity index (χ2n) is 7.12. The molecule has 2 unspecified atom stereocenters. The van der Waals surface area contributed by atoms with Gasteiger partial charge in [0.1, 0.15) is 23.5 Å². The Hall–Kier alpha value is -2.52. The maximum absolute atomic E-state index is 13.9. The Morgan fingerprint density at radius 3 is 2.50 bits per heavy atom. The van der Waals surface area contributed by atoms with Gasteiger partial charge in [0.25, 0.3) is 0 Å². The second-order valence-corrected chi connectivity index (χ2v) is 9.06. The van der Waals surface area contributed by atoms with Gasteiger partial charge in [0, 0.05) is 24.7 Å². The number of sulfonamides is 1. The Kier molecular flexibility index (Phi) is 6.72. The van der Waals surface area contributed by atoms with Crippen LogP contribution in [0.4, 0.5) is 8.78 Å². The molecule has 1 aliphatic rings. The molecule has 0 bridgehead atoms. The fraction of sp³-hybridized carbons (Fsp3) is 0.381. The third kappa shape index (κ3) is 4.79. The van der Waals surface area contributed by atoms with Gasteiger partial charge in [0.2, 0.25) is 10.0 Å². The van der Waals surface area contributed by atoms with Crippen LogP contribution in [0.3, 0.4) is 0 Å². The van der Waals surface area contributed by atoms with Gasteiger partial charge in [-0.2, -0.15) is 4.31 Å². The zero-order valence-electron chi connectivity index (χ0n) is 16.7. The van der Waals surface area contributed by atoms with Gasteiger partial charge in [0.15, 0.2) is 0 Å². The number of methoxy groups -OCH3 is 1. The molecule has 0 radical (unpaired) electrons. The summed E-state index contributed by atoms with van der Waals surface area (Å²) >= 11 is 0. The molecule has 1 heterocycles. The molecule has 0 saturated carbocycles. The smallest absolute Gasteiger partial charge is 0.310 e. The van der Waals surface area contributed by atoms with Crippen molar-refractivity contribution in [2.24, 2.45) is 5.92 Å². The van der Waals surface area contributed by atoms with Gasteiger partial charge >= 0.3 is 5.97 Å². The summed E-state index contributed by atoms with van der Waals surface area (Å²) in [5.41, 5.74) is 0.0586. The molecule has 2 atom stereocenters. The highest BCUT2D eigenvalue weighted by molar-refractivity contribution is 7.89. The van der Waals surface area contributed by atoms with Crippen molar-refractivity contribution in [1.82, 2.24) is 4.31 Å². The molecule has 1 saturated heterocycles. The van der Waals surface area contributed by atoms with Crippen molar-refractivity contribution in [3.05, 3.63) is 59.7 Å². The molecule has 2 aromatic carbocycles. The summed E-state index contributed by atoms with van der Waals surface area (Å²) < 4.78 is 64.5. The zero-order valence-corrected chi connectivity index (χ0v) is 17.5. The summed E-state index contributed by atoms with van der Waals surface area (Å²) in [7, 11) is -2.29. The number of nitrogens with zero attached hydrogens (tertiary/aromatic N) is 1. The van der Waals surface area contributed by atoms with Crippen LogP contribution in [0.1, 0.15) is 31.4 Å². The predicted octanol–water partition coefficient (Wildman–Crippen LogP) is 3.68. The lowest BCUT2D eigenvalue weighted by molar-refractivity contribution is -0.155.